The molecular formula is C24H21N3O7. The van der Waals surface area contributed by atoms with Gasteiger partial charge in [0.1, 0.15) is 0 Å². The summed E-state index contributed by atoms with van der Waals surface area (Å²) < 4.78 is 5.07. The zero-order chi connectivity index (χ0) is 24.5. The number of aliphatic hydroxyl groups is 1. The summed E-state index contributed by atoms with van der Waals surface area (Å²) in [5.41, 5.74) is 1.01. The molecule has 0 aliphatic carbocycles. The molecule has 0 heterocycles. The molecule has 10 nitrogen and oxygen atoms in total. The van der Waals surface area contributed by atoms with Crippen LogP contribution in [0.15, 0.2) is 72.8 Å². The van der Waals surface area contributed by atoms with Crippen molar-refractivity contribution in [3.8, 4) is 0 Å². The molecule has 0 aromatic heterocycles. The first-order chi connectivity index (χ1) is 16.4. The van der Waals surface area contributed by atoms with Crippen molar-refractivity contribution in [1.29, 1.82) is 0 Å². The standard InChI is InChI=1S/C24H21N3O7/c28-13-12-25-21-11-10-19(27(32)33)14-20(21)24(31)34-15-22(29)16-6-8-18(9-7-16)26-23(30)17-4-2-1-3-5-17/h1-11,14,25,28H,12-13,15H2,(H,26,30). The molecule has 3 aromatic rings. The number of nitro groups is 1. The Morgan fingerprint density at radius 3 is 2.29 bits per heavy atom. The average Bonchev–Trinajstić information content (AvgIpc) is 2.86. The molecule has 0 atom stereocenters. The minimum atomic E-state index is -0.927. The predicted octanol–water partition coefficient (Wildman–Crippen LogP) is 3.29. The Hall–Kier alpha value is -4.57. The molecule has 3 aromatic carbocycles. The number of rotatable bonds is 10. The Balaban J connectivity index is 1.63. The monoisotopic (exact) mass is 463 g/mol. The number of hydrogen-bond acceptors (Lipinski definition) is 8. The molecule has 34 heavy (non-hydrogen) atoms. The van der Waals surface area contributed by atoms with E-state index in [1.807, 2.05) is 0 Å². The number of carbonyl (C=O) groups is 3. The number of anilines is 2. The first-order valence-electron chi connectivity index (χ1n) is 10.2. The third kappa shape index (κ3) is 6.24. The summed E-state index contributed by atoms with van der Waals surface area (Å²) in [6.45, 7) is -0.688. The van der Waals surface area contributed by atoms with Gasteiger partial charge in [0.15, 0.2) is 12.4 Å². The molecule has 0 unspecified atom stereocenters. The van der Waals surface area contributed by atoms with Gasteiger partial charge in [-0.25, -0.2) is 4.79 Å². The normalized spacial score (nSPS) is 10.3. The van der Waals surface area contributed by atoms with Crippen molar-refractivity contribution >= 4 is 34.7 Å². The Morgan fingerprint density at radius 1 is 0.941 bits per heavy atom. The van der Waals surface area contributed by atoms with Gasteiger partial charge in [0.2, 0.25) is 0 Å². The van der Waals surface area contributed by atoms with Gasteiger partial charge in [-0.2, -0.15) is 0 Å². The van der Waals surface area contributed by atoms with Crippen molar-refractivity contribution in [2.24, 2.45) is 0 Å². The van der Waals surface area contributed by atoms with Crippen molar-refractivity contribution in [2.75, 3.05) is 30.4 Å². The summed E-state index contributed by atoms with van der Waals surface area (Å²) in [5.74, 6) is -1.72. The second-order valence-electron chi connectivity index (χ2n) is 7.03. The van der Waals surface area contributed by atoms with Gasteiger partial charge in [-0.15, -0.1) is 0 Å². The number of ether oxygens (including phenoxy) is 1. The fourth-order valence-electron chi connectivity index (χ4n) is 2.98. The van der Waals surface area contributed by atoms with Gasteiger partial charge >= 0.3 is 5.97 Å². The molecule has 0 bridgehead atoms. The second-order valence-corrected chi connectivity index (χ2v) is 7.03. The van der Waals surface area contributed by atoms with E-state index < -0.39 is 23.3 Å². The molecule has 0 aliphatic heterocycles. The van der Waals surface area contributed by atoms with Crippen molar-refractivity contribution in [3.05, 3.63) is 99.6 Å². The Labute approximate surface area is 194 Å². The van der Waals surface area contributed by atoms with Gasteiger partial charge in [0.05, 0.1) is 17.1 Å². The number of amides is 1. The lowest BCUT2D eigenvalue weighted by Crippen LogP contribution is -2.17. The van der Waals surface area contributed by atoms with Crippen LogP contribution in [0.2, 0.25) is 0 Å². The number of benzene rings is 3. The number of aliphatic hydroxyl groups excluding tert-OH is 1. The van der Waals surface area contributed by atoms with E-state index in [4.69, 9.17) is 9.84 Å². The smallest absolute Gasteiger partial charge is 0.340 e. The zero-order valence-electron chi connectivity index (χ0n) is 17.9. The van der Waals surface area contributed by atoms with Crippen LogP contribution >= 0.6 is 0 Å². The third-order valence-electron chi connectivity index (χ3n) is 4.70. The molecule has 0 aliphatic rings. The fraction of sp³-hybridized carbons (Fsp3) is 0.125. The number of nitrogens with one attached hydrogen (secondary N) is 2. The van der Waals surface area contributed by atoms with Crippen LogP contribution in [0.1, 0.15) is 31.1 Å². The molecule has 3 rings (SSSR count). The van der Waals surface area contributed by atoms with Crippen molar-refractivity contribution in [3.63, 3.8) is 0 Å². The maximum Gasteiger partial charge on any atom is 0.340 e. The number of Topliss-reactive ketones (excluding diaryl/α,β-unsaturated/α-hetero) is 1. The van der Waals surface area contributed by atoms with Crippen LogP contribution in [-0.4, -0.2) is 47.4 Å². The van der Waals surface area contributed by atoms with Gasteiger partial charge in [0, 0.05) is 41.2 Å². The molecular weight excluding hydrogens is 442 g/mol. The number of non-ortho nitro benzene ring substituents is 1. The van der Waals surface area contributed by atoms with E-state index in [0.29, 0.717) is 11.3 Å². The van der Waals surface area contributed by atoms with Crippen molar-refractivity contribution in [2.45, 2.75) is 0 Å². The maximum absolute atomic E-state index is 12.5. The second kappa shape index (κ2) is 11.3. The van der Waals surface area contributed by atoms with Crippen molar-refractivity contribution < 1.29 is 29.2 Å². The molecule has 174 valence electrons. The summed E-state index contributed by atoms with van der Waals surface area (Å²) in [4.78, 5) is 47.5. The highest BCUT2D eigenvalue weighted by Crippen LogP contribution is 2.23. The lowest BCUT2D eigenvalue weighted by atomic mass is 10.1. The number of hydrogen-bond donors (Lipinski definition) is 3. The first kappa shape index (κ1) is 24.1. The highest BCUT2D eigenvalue weighted by atomic mass is 16.6. The molecule has 3 N–H and O–H groups in total. The van der Waals surface area contributed by atoms with Gasteiger partial charge in [-0.1, -0.05) is 18.2 Å². The topological polar surface area (TPSA) is 148 Å². The zero-order valence-corrected chi connectivity index (χ0v) is 17.9. The number of ketones is 1. The van der Waals surface area contributed by atoms with E-state index in [9.17, 15) is 24.5 Å². The van der Waals surface area contributed by atoms with Gasteiger partial charge in [-0.05, 0) is 42.5 Å². The molecule has 0 spiro atoms. The fourth-order valence-corrected chi connectivity index (χ4v) is 2.98. The SMILES string of the molecule is O=C(COC(=O)c1cc([N+](=O)[O-])ccc1NCCO)c1ccc(NC(=O)c2ccccc2)cc1. The minimum absolute atomic E-state index is 0.115. The summed E-state index contributed by atoms with van der Waals surface area (Å²) in [6, 6.07) is 18.3. The van der Waals surface area contributed by atoms with Crippen LogP contribution in [0.3, 0.4) is 0 Å². The van der Waals surface area contributed by atoms with E-state index >= 15 is 0 Å². The molecule has 0 saturated heterocycles. The third-order valence-corrected chi connectivity index (χ3v) is 4.70. The summed E-state index contributed by atoms with van der Waals surface area (Å²) in [5, 5.41) is 25.5. The molecule has 0 radical (unpaired) electrons. The highest BCUT2D eigenvalue weighted by Gasteiger charge is 2.19. The van der Waals surface area contributed by atoms with E-state index in [1.165, 1.54) is 24.3 Å². The molecule has 10 heteroatoms. The molecule has 0 saturated carbocycles. The van der Waals surface area contributed by atoms with Crippen LogP contribution in [-0.2, 0) is 4.74 Å². The number of nitro benzene ring substituents is 1. The minimum Gasteiger partial charge on any atom is -0.454 e. The Bertz CT molecular complexity index is 1190. The molecule has 0 fully saturated rings. The van der Waals surface area contributed by atoms with E-state index in [2.05, 4.69) is 10.6 Å². The van der Waals surface area contributed by atoms with Crippen molar-refractivity contribution in [1.82, 2.24) is 0 Å². The van der Waals surface area contributed by atoms with Crippen LogP contribution in [0.4, 0.5) is 17.1 Å². The Kier molecular flexibility index (Phi) is 8.03. The lowest BCUT2D eigenvalue weighted by Gasteiger charge is -2.11. The summed E-state index contributed by atoms with van der Waals surface area (Å²) in [6.07, 6.45) is 0. The molecule has 1 amide bonds. The average molecular weight is 463 g/mol. The number of nitrogens with zero attached hydrogens (tertiary/aromatic N) is 1. The first-order valence-corrected chi connectivity index (χ1v) is 10.2. The van der Waals surface area contributed by atoms with E-state index in [1.54, 1.807) is 42.5 Å². The van der Waals surface area contributed by atoms with Gasteiger partial charge in [-0.3, -0.25) is 19.7 Å². The quantitative estimate of drug-likeness (QED) is 0.180. The Morgan fingerprint density at radius 2 is 1.65 bits per heavy atom. The predicted molar refractivity (Wildman–Crippen MR) is 124 cm³/mol. The van der Waals surface area contributed by atoms with E-state index in [0.717, 1.165) is 6.07 Å². The lowest BCUT2D eigenvalue weighted by molar-refractivity contribution is -0.384. The maximum atomic E-state index is 12.5. The van der Waals surface area contributed by atoms with Crippen LogP contribution in [0.25, 0.3) is 0 Å². The number of esters is 1. The van der Waals surface area contributed by atoms with Gasteiger partial charge in [0.25, 0.3) is 11.6 Å². The number of carbonyl (C=O) groups excluding carboxylic acids is 3. The van der Waals surface area contributed by atoms with E-state index in [-0.39, 0.29) is 41.6 Å². The van der Waals surface area contributed by atoms with Crippen LogP contribution < -0.4 is 10.6 Å². The van der Waals surface area contributed by atoms with Gasteiger partial charge < -0.3 is 20.5 Å². The van der Waals surface area contributed by atoms with Crippen LogP contribution in [0, 0.1) is 10.1 Å². The summed E-state index contributed by atoms with van der Waals surface area (Å²) >= 11 is 0. The van der Waals surface area contributed by atoms with Crippen LogP contribution in [0.5, 0.6) is 0 Å². The highest BCUT2D eigenvalue weighted by molar-refractivity contribution is 6.05. The summed E-state index contributed by atoms with van der Waals surface area (Å²) in [7, 11) is 0. The largest absolute Gasteiger partial charge is 0.454 e.